The molecule has 1 unspecified atom stereocenters. The van der Waals surface area contributed by atoms with Crippen LogP contribution in [0.1, 0.15) is 41.0 Å². The van der Waals surface area contributed by atoms with Crippen molar-refractivity contribution in [3.05, 3.63) is 52.7 Å². The lowest BCUT2D eigenvalue weighted by atomic mass is 10.1. The fourth-order valence-electron chi connectivity index (χ4n) is 2.34. The van der Waals surface area contributed by atoms with E-state index in [4.69, 9.17) is 10.5 Å². The second-order valence-corrected chi connectivity index (χ2v) is 6.56. The maximum absolute atomic E-state index is 12.0. The molecule has 6 nitrogen and oxygen atoms in total. The van der Waals surface area contributed by atoms with Crippen LogP contribution in [0.15, 0.2) is 35.4 Å². The standard InChI is InChI=1S/C19H18N4O2S/c1-3-9-25-16-14(10-20)12(2)23-19(15(16)11-21)26-17(18(22)24)13-7-5-4-6-8-13/h4-8,17H,3,9H2,1-2H3,(H2,22,24). The van der Waals surface area contributed by atoms with E-state index < -0.39 is 11.2 Å². The molecular formula is C19H18N4O2S. The second kappa shape index (κ2) is 8.89. The molecule has 2 N–H and O–H groups in total. The Hall–Kier alpha value is -3.03. The third-order valence-corrected chi connectivity index (χ3v) is 4.82. The normalized spacial score (nSPS) is 11.2. The highest BCUT2D eigenvalue weighted by Crippen LogP contribution is 2.40. The molecule has 26 heavy (non-hydrogen) atoms. The summed E-state index contributed by atoms with van der Waals surface area (Å²) in [6.45, 7) is 3.97. The van der Waals surface area contributed by atoms with E-state index >= 15 is 0 Å². The summed E-state index contributed by atoms with van der Waals surface area (Å²) in [5.41, 5.74) is 7.10. The predicted octanol–water partition coefficient (Wildman–Crippen LogP) is 3.24. The Morgan fingerprint density at radius 2 is 1.92 bits per heavy atom. The van der Waals surface area contributed by atoms with Crippen molar-refractivity contribution in [2.24, 2.45) is 5.73 Å². The summed E-state index contributed by atoms with van der Waals surface area (Å²) >= 11 is 1.08. The van der Waals surface area contributed by atoms with Crippen LogP contribution in [-0.4, -0.2) is 17.5 Å². The minimum absolute atomic E-state index is 0.146. The van der Waals surface area contributed by atoms with Gasteiger partial charge in [0.05, 0.1) is 12.3 Å². The number of primary amides is 1. The molecule has 7 heteroatoms. The van der Waals surface area contributed by atoms with Crippen LogP contribution in [-0.2, 0) is 4.79 Å². The van der Waals surface area contributed by atoms with Gasteiger partial charge in [-0.05, 0) is 18.9 Å². The molecule has 2 aromatic rings. The zero-order valence-corrected chi connectivity index (χ0v) is 15.3. The first kappa shape index (κ1) is 19.3. The molecule has 0 spiro atoms. The van der Waals surface area contributed by atoms with E-state index in [-0.39, 0.29) is 16.9 Å². The van der Waals surface area contributed by atoms with Crippen LogP contribution in [0.3, 0.4) is 0 Å². The van der Waals surface area contributed by atoms with E-state index in [0.29, 0.717) is 22.9 Å². The van der Waals surface area contributed by atoms with Crippen molar-refractivity contribution in [1.29, 1.82) is 10.5 Å². The Morgan fingerprint density at radius 3 is 2.46 bits per heavy atom. The van der Waals surface area contributed by atoms with Crippen LogP contribution in [0.2, 0.25) is 0 Å². The highest BCUT2D eigenvalue weighted by molar-refractivity contribution is 8.00. The highest BCUT2D eigenvalue weighted by atomic mass is 32.2. The molecular weight excluding hydrogens is 348 g/mol. The van der Waals surface area contributed by atoms with Gasteiger partial charge in [-0.3, -0.25) is 4.79 Å². The van der Waals surface area contributed by atoms with Gasteiger partial charge >= 0.3 is 0 Å². The Labute approximate surface area is 156 Å². The summed E-state index contributed by atoms with van der Waals surface area (Å²) in [5.74, 6) is -0.326. The van der Waals surface area contributed by atoms with E-state index in [2.05, 4.69) is 11.1 Å². The van der Waals surface area contributed by atoms with E-state index in [1.165, 1.54) is 0 Å². The van der Waals surface area contributed by atoms with Crippen LogP contribution in [0, 0.1) is 29.6 Å². The van der Waals surface area contributed by atoms with Crippen LogP contribution >= 0.6 is 11.8 Å². The van der Waals surface area contributed by atoms with Gasteiger partial charge in [0.2, 0.25) is 5.91 Å². The van der Waals surface area contributed by atoms with E-state index in [1.54, 1.807) is 19.1 Å². The number of benzene rings is 1. The Kier molecular flexibility index (Phi) is 6.60. The lowest BCUT2D eigenvalue weighted by Crippen LogP contribution is -2.19. The van der Waals surface area contributed by atoms with Crippen molar-refractivity contribution in [1.82, 2.24) is 4.98 Å². The summed E-state index contributed by atoms with van der Waals surface area (Å²) in [6, 6.07) is 13.1. The summed E-state index contributed by atoms with van der Waals surface area (Å²) < 4.78 is 5.65. The van der Waals surface area contributed by atoms with Gasteiger partial charge in [0.1, 0.15) is 33.5 Å². The van der Waals surface area contributed by atoms with Crippen molar-refractivity contribution < 1.29 is 9.53 Å². The fourth-order valence-corrected chi connectivity index (χ4v) is 3.42. The quantitative estimate of drug-likeness (QED) is 0.753. The van der Waals surface area contributed by atoms with Gasteiger partial charge in [-0.2, -0.15) is 10.5 Å². The van der Waals surface area contributed by atoms with Crippen molar-refractivity contribution in [3.8, 4) is 17.9 Å². The predicted molar refractivity (Wildman–Crippen MR) is 98.4 cm³/mol. The molecule has 1 aromatic carbocycles. The molecule has 0 bridgehead atoms. The first-order chi connectivity index (χ1) is 12.5. The number of aromatic nitrogens is 1. The average molecular weight is 366 g/mol. The number of hydrogen-bond donors (Lipinski definition) is 1. The van der Waals surface area contributed by atoms with Gasteiger partial charge in [0.15, 0.2) is 5.75 Å². The zero-order valence-electron chi connectivity index (χ0n) is 14.5. The van der Waals surface area contributed by atoms with Crippen molar-refractivity contribution in [2.75, 3.05) is 6.61 Å². The third-order valence-electron chi connectivity index (χ3n) is 3.56. The maximum atomic E-state index is 12.0. The maximum Gasteiger partial charge on any atom is 0.235 e. The first-order valence-corrected chi connectivity index (χ1v) is 8.89. The number of aryl methyl sites for hydroxylation is 1. The van der Waals surface area contributed by atoms with E-state index in [0.717, 1.165) is 18.2 Å². The number of pyridine rings is 1. The Balaban J connectivity index is 2.55. The molecule has 0 radical (unpaired) electrons. The van der Waals surface area contributed by atoms with Gasteiger partial charge in [-0.15, -0.1) is 0 Å². The number of rotatable bonds is 7. The SMILES string of the molecule is CCCOc1c(C#N)c(C)nc(SC(C(N)=O)c2ccccc2)c1C#N. The van der Waals surface area contributed by atoms with E-state index in [9.17, 15) is 15.3 Å². The molecule has 0 aliphatic heterocycles. The lowest BCUT2D eigenvalue weighted by molar-refractivity contribution is -0.117. The summed E-state index contributed by atoms with van der Waals surface area (Å²) in [6.07, 6.45) is 0.730. The van der Waals surface area contributed by atoms with Crippen LogP contribution in [0.4, 0.5) is 0 Å². The molecule has 1 atom stereocenters. The number of amides is 1. The van der Waals surface area contributed by atoms with Crippen LogP contribution in [0.5, 0.6) is 5.75 Å². The molecule has 1 heterocycles. The smallest absolute Gasteiger partial charge is 0.235 e. The number of nitrogens with zero attached hydrogens (tertiary/aromatic N) is 3. The minimum atomic E-state index is -0.706. The number of thioether (sulfide) groups is 1. The summed E-state index contributed by atoms with van der Waals surface area (Å²) in [5, 5.41) is 18.6. The molecule has 2 rings (SSSR count). The Morgan fingerprint density at radius 1 is 1.27 bits per heavy atom. The van der Waals surface area contributed by atoms with Crippen molar-refractivity contribution in [3.63, 3.8) is 0 Å². The number of carbonyl (C=O) groups is 1. The second-order valence-electron chi connectivity index (χ2n) is 5.46. The molecule has 0 fully saturated rings. The zero-order chi connectivity index (χ0) is 19.1. The molecule has 1 aromatic heterocycles. The number of nitriles is 2. The van der Waals surface area contributed by atoms with Gasteiger partial charge in [0, 0.05) is 0 Å². The molecule has 0 saturated heterocycles. The molecule has 0 aliphatic carbocycles. The summed E-state index contributed by atoms with van der Waals surface area (Å²) in [7, 11) is 0. The largest absolute Gasteiger partial charge is 0.491 e. The van der Waals surface area contributed by atoms with Crippen molar-refractivity contribution >= 4 is 17.7 Å². The monoisotopic (exact) mass is 366 g/mol. The van der Waals surface area contributed by atoms with Crippen molar-refractivity contribution in [2.45, 2.75) is 30.5 Å². The van der Waals surface area contributed by atoms with Crippen LogP contribution in [0.25, 0.3) is 0 Å². The fraction of sp³-hybridized carbons (Fsp3) is 0.263. The highest BCUT2D eigenvalue weighted by Gasteiger charge is 2.26. The minimum Gasteiger partial charge on any atom is -0.491 e. The third kappa shape index (κ3) is 4.14. The topological polar surface area (TPSA) is 113 Å². The number of hydrogen-bond acceptors (Lipinski definition) is 6. The molecule has 0 saturated carbocycles. The number of nitrogens with two attached hydrogens (primary N) is 1. The Bertz CT molecular complexity index is 885. The number of ether oxygens (including phenoxy) is 1. The molecule has 132 valence electrons. The molecule has 0 aliphatic rings. The lowest BCUT2D eigenvalue weighted by Gasteiger charge is -2.17. The molecule has 1 amide bonds. The van der Waals surface area contributed by atoms with Gasteiger partial charge < -0.3 is 10.5 Å². The number of carbonyl (C=O) groups excluding carboxylic acids is 1. The average Bonchev–Trinajstić information content (AvgIpc) is 2.64. The van der Waals surface area contributed by atoms with E-state index in [1.807, 2.05) is 31.2 Å². The van der Waals surface area contributed by atoms with Gasteiger partial charge in [-0.1, -0.05) is 49.0 Å². The first-order valence-electron chi connectivity index (χ1n) is 8.01. The van der Waals surface area contributed by atoms with Crippen LogP contribution < -0.4 is 10.5 Å². The van der Waals surface area contributed by atoms with Gasteiger partial charge in [0.25, 0.3) is 0 Å². The van der Waals surface area contributed by atoms with Gasteiger partial charge in [-0.25, -0.2) is 4.98 Å². The summed E-state index contributed by atoms with van der Waals surface area (Å²) in [4.78, 5) is 16.3.